The first-order chi connectivity index (χ1) is 5.65. The molecule has 1 N–H and O–H groups in total. The Morgan fingerprint density at radius 1 is 1.67 bits per heavy atom. The zero-order valence-corrected chi connectivity index (χ0v) is 7.00. The summed E-state index contributed by atoms with van der Waals surface area (Å²) in [6.07, 6.45) is 0. The van der Waals surface area contributed by atoms with Crippen LogP contribution in [-0.4, -0.2) is 23.2 Å². The molecule has 0 aliphatic carbocycles. The second kappa shape index (κ2) is 3.40. The molecule has 0 saturated carbocycles. The molecule has 0 unspecified atom stereocenters. The lowest BCUT2D eigenvalue weighted by Crippen LogP contribution is -2.03. The first kappa shape index (κ1) is 8.80. The summed E-state index contributed by atoms with van der Waals surface area (Å²) >= 11 is 5.45. The quantitative estimate of drug-likeness (QED) is 0.531. The summed E-state index contributed by atoms with van der Waals surface area (Å²) in [6.45, 7) is 0. The van der Waals surface area contributed by atoms with Crippen LogP contribution in [0.3, 0.4) is 0 Å². The number of esters is 1. The molecule has 5 heteroatoms. The van der Waals surface area contributed by atoms with Crippen LogP contribution < -0.4 is 0 Å². The maximum atomic E-state index is 10.9. The summed E-state index contributed by atoms with van der Waals surface area (Å²) in [7, 11) is 1.24. The molecule has 0 bridgehead atoms. The number of rotatable bonds is 1. The van der Waals surface area contributed by atoms with Gasteiger partial charge in [0.2, 0.25) is 0 Å². The predicted octanol–water partition coefficient (Wildman–Crippen LogP) is 1.23. The number of carbonyl (C=O) groups is 1. The third-order valence-electron chi connectivity index (χ3n) is 1.22. The van der Waals surface area contributed by atoms with Crippen molar-refractivity contribution in [2.24, 2.45) is 0 Å². The molecule has 64 valence electrons. The summed E-state index contributed by atoms with van der Waals surface area (Å²) < 4.78 is 4.39. The second-order valence-corrected chi connectivity index (χ2v) is 2.36. The van der Waals surface area contributed by atoms with Gasteiger partial charge in [0.25, 0.3) is 0 Å². The highest BCUT2D eigenvalue weighted by molar-refractivity contribution is 6.30. The van der Waals surface area contributed by atoms with E-state index in [0.717, 1.165) is 0 Å². The molecule has 1 aromatic heterocycles. The fraction of sp³-hybridized carbons (Fsp3) is 0.143. The van der Waals surface area contributed by atoms with Crippen molar-refractivity contribution in [2.75, 3.05) is 7.11 Å². The van der Waals surface area contributed by atoms with E-state index in [2.05, 4.69) is 9.72 Å². The Kier molecular flexibility index (Phi) is 2.50. The Morgan fingerprint density at radius 2 is 2.33 bits per heavy atom. The highest BCUT2D eigenvalue weighted by Crippen LogP contribution is 2.19. The average Bonchev–Trinajstić information content (AvgIpc) is 2.08. The predicted molar refractivity (Wildman–Crippen MR) is 42.3 cm³/mol. The van der Waals surface area contributed by atoms with Gasteiger partial charge in [-0.2, -0.15) is 0 Å². The molecule has 0 fully saturated rings. The van der Waals surface area contributed by atoms with Crippen molar-refractivity contribution >= 4 is 17.6 Å². The van der Waals surface area contributed by atoms with Crippen LogP contribution in [0.15, 0.2) is 12.1 Å². The van der Waals surface area contributed by atoms with E-state index in [-0.39, 0.29) is 16.6 Å². The maximum absolute atomic E-state index is 10.9. The van der Waals surface area contributed by atoms with Crippen LogP contribution in [0.1, 0.15) is 10.5 Å². The van der Waals surface area contributed by atoms with Crippen LogP contribution in [0.4, 0.5) is 0 Å². The van der Waals surface area contributed by atoms with Crippen LogP contribution in [0, 0.1) is 0 Å². The smallest absolute Gasteiger partial charge is 0.356 e. The van der Waals surface area contributed by atoms with Gasteiger partial charge in [0.05, 0.1) is 7.11 Å². The van der Waals surface area contributed by atoms with E-state index in [9.17, 15) is 4.79 Å². The van der Waals surface area contributed by atoms with E-state index in [1.165, 1.54) is 19.2 Å². The van der Waals surface area contributed by atoms with Gasteiger partial charge in [-0.15, -0.1) is 0 Å². The minimum atomic E-state index is -0.586. The minimum absolute atomic E-state index is 0.0697. The fourth-order valence-electron chi connectivity index (χ4n) is 0.645. The van der Waals surface area contributed by atoms with Gasteiger partial charge in [-0.3, -0.25) is 0 Å². The van der Waals surface area contributed by atoms with Crippen molar-refractivity contribution in [1.29, 1.82) is 0 Å². The van der Waals surface area contributed by atoms with Gasteiger partial charge in [-0.1, -0.05) is 11.6 Å². The number of carbonyl (C=O) groups excluding carboxylic acids is 1. The molecule has 1 aromatic rings. The maximum Gasteiger partial charge on any atom is 0.356 e. The standard InChI is InChI=1S/C7H6ClNO3/c1-12-7(11)4-2-3-5(10)6(8)9-4/h2-3,10H,1H3. The van der Waals surface area contributed by atoms with E-state index >= 15 is 0 Å². The van der Waals surface area contributed by atoms with Crippen molar-refractivity contribution in [3.8, 4) is 5.75 Å². The minimum Gasteiger partial charge on any atom is -0.505 e. The Balaban J connectivity index is 3.05. The van der Waals surface area contributed by atoms with Crippen molar-refractivity contribution in [3.63, 3.8) is 0 Å². The van der Waals surface area contributed by atoms with E-state index < -0.39 is 5.97 Å². The van der Waals surface area contributed by atoms with Crippen molar-refractivity contribution in [1.82, 2.24) is 4.98 Å². The van der Waals surface area contributed by atoms with Crippen molar-refractivity contribution < 1.29 is 14.6 Å². The second-order valence-electron chi connectivity index (χ2n) is 2.00. The third-order valence-corrected chi connectivity index (χ3v) is 1.50. The van der Waals surface area contributed by atoms with Crippen LogP contribution in [-0.2, 0) is 4.74 Å². The highest BCUT2D eigenvalue weighted by atomic mass is 35.5. The average molecular weight is 188 g/mol. The van der Waals surface area contributed by atoms with Gasteiger partial charge < -0.3 is 9.84 Å². The number of hydrogen-bond donors (Lipinski definition) is 1. The monoisotopic (exact) mass is 187 g/mol. The summed E-state index contributed by atoms with van der Waals surface area (Å²) in [4.78, 5) is 14.4. The molecular formula is C7H6ClNO3. The largest absolute Gasteiger partial charge is 0.505 e. The van der Waals surface area contributed by atoms with Gasteiger partial charge in [0.15, 0.2) is 10.9 Å². The van der Waals surface area contributed by atoms with Gasteiger partial charge in [-0.05, 0) is 12.1 Å². The summed E-state index contributed by atoms with van der Waals surface area (Å²) in [5.74, 6) is -0.749. The zero-order valence-electron chi connectivity index (χ0n) is 6.24. The number of hydrogen-bond acceptors (Lipinski definition) is 4. The van der Waals surface area contributed by atoms with Crippen LogP contribution in [0.25, 0.3) is 0 Å². The molecule has 1 heterocycles. The van der Waals surface area contributed by atoms with Crippen LogP contribution in [0.5, 0.6) is 5.75 Å². The molecule has 12 heavy (non-hydrogen) atoms. The molecule has 0 amide bonds. The number of nitrogens with zero attached hydrogens (tertiary/aromatic N) is 1. The molecule has 0 saturated heterocycles. The zero-order chi connectivity index (χ0) is 9.14. The van der Waals surface area contributed by atoms with E-state index in [1.807, 2.05) is 0 Å². The van der Waals surface area contributed by atoms with Crippen molar-refractivity contribution in [3.05, 3.63) is 23.0 Å². The molecule has 0 spiro atoms. The fourth-order valence-corrected chi connectivity index (χ4v) is 0.799. The normalized spacial score (nSPS) is 9.50. The first-order valence-electron chi connectivity index (χ1n) is 3.09. The lowest BCUT2D eigenvalue weighted by molar-refractivity contribution is 0.0594. The van der Waals surface area contributed by atoms with Crippen LogP contribution in [0.2, 0.25) is 5.15 Å². The van der Waals surface area contributed by atoms with E-state index in [1.54, 1.807) is 0 Å². The number of aromatic nitrogens is 1. The van der Waals surface area contributed by atoms with Crippen LogP contribution >= 0.6 is 11.6 Å². The number of halogens is 1. The highest BCUT2D eigenvalue weighted by Gasteiger charge is 2.09. The number of methoxy groups -OCH3 is 1. The number of pyridine rings is 1. The van der Waals surface area contributed by atoms with E-state index in [4.69, 9.17) is 16.7 Å². The Hall–Kier alpha value is -1.29. The molecule has 0 aliphatic heterocycles. The molecule has 0 aromatic carbocycles. The van der Waals surface area contributed by atoms with Crippen molar-refractivity contribution in [2.45, 2.75) is 0 Å². The lowest BCUT2D eigenvalue weighted by atomic mass is 10.3. The van der Waals surface area contributed by atoms with Gasteiger partial charge >= 0.3 is 5.97 Å². The van der Waals surface area contributed by atoms with Gasteiger partial charge in [0, 0.05) is 0 Å². The Bertz CT molecular complexity index is 314. The molecule has 0 radical (unpaired) electrons. The van der Waals surface area contributed by atoms with E-state index in [0.29, 0.717) is 0 Å². The van der Waals surface area contributed by atoms with Gasteiger partial charge in [-0.25, -0.2) is 9.78 Å². The van der Waals surface area contributed by atoms with Gasteiger partial charge in [0.1, 0.15) is 5.69 Å². The number of aromatic hydroxyl groups is 1. The lowest BCUT2D eigenvalue weighted by Gasteiger charge is -1.99. The summed E-state index contributed by atoms with van der Waals surface area (Å²) in [5.41, 5.74) is 0.0697. The topological polar surface area (TPSA) is 59.4 Å². The third kappa shape index (κ3) is 1.65. The first-order valence-corrected chi connectivity index (χ1v) is 3.46. The SMILES string of the molecule is COC(=O)c1ccc(O)c(Cl)n1. The Morgan fingerprint density at radius 3 is 2.83 bits per heavy atom. The molecule has 1 rings (SSSR count). The summed E-state index contributed by atoms with van der Waals surface area (Å²) in [5, 5.41) is 8.84. The molecular weight excluding hydrogens is 182 g/mol. The molecule has 0 aliphatic rings. The Labute approximate surface area is 73.8 Å². The summed E-state index contributed by atoms with van der Waals surface area (Å²) in [6, 6.07) is 2.61. The molecule has 4 nitrogen and oxygen atoms in total. The molecule has 0 atom stereocenters. The number of ether oxygens (including phenoxy) is 1.